The number of rotatable bonds is 6. The molecule has 2 heterocycles. The highest BCUT2D eigenvalue weighted by Crippen LogP contribution is 2.64. The average Bonchev–Trinajstić information content (AvgIpc) is 3.26. The van der Waals surface area contributed by atoms with Crippen molar-refractivity contribution in [2.24, 2.45) is 0 Å². The van der Waals surface area contributed by atoms with Crippen LogP contribution in [0.15, 0.2) is 24.3 Å². The maximum absolute atomic E-state index is 2.54. The SMILES string of the molecule is CCC1(CC)CCCP1c1ccccc1P1CCCC1(CC)CC. The first-order valence-electron chi connectivity index (χ1n) is 10.3. The monoisotopic (exact) mass is 362 g/mol. The van der Waals surface area contributed by atoms with Gasteiger partial charge in [-0.05, 0) is 84.6 Å². The topological polar surface area (TPSA) is 0 Å². The predicted molar refractivity (Wildman–Crippen MR) is 114 cm³/mol. The summed E-state index contributed by atoms with van der Waals surface area (Å²) in [5.74, 6) is 0. The Hall–Kier alpha value is 0.0800. The summed E-state index contributed by atoms with van der Waals surface area (Å²) in [7, 11) is 0.0795. The summed E-state index contributed by atoms with van der Waals surface area (Å²) in [5, 5.41) is 4.93. The summed E-state index contributed by atoms with van der Waals surface area (Å²) in [5.41, 5.74) is 0. The summed E-state index contributed by atoms with van der Waals surface area (Å²) in [6.07, 6.45) is 14.4. The highest BCUT2D eigenvalue weighted by molar-refractivity contribution is 7.73. The minimum absolute atomic E-state index is 0.0397. The van der Waals surface area contributed by atoms with Crippen molar-refractivity contribution in [3.05, 3.63) is 24.3 Å². The van der Waals surface area contributed by atoms with Crippen molar-refractivity contribution in [1.82, 2.24) is 0 Å². The molecule has 2 fully saturated rings. The van der Waals surface area contributed by atoms with Crippen LogP contribution in [0.25, 0.3) is 0 Å². The fraction of sp³-hybridized carbons (Fsp3) is 0.727. The third-order valence-electron chi connectivity index (χ3n) is 7.29. The van der Waals surface area contributed by atoms with E-state index < -0.39 is 0 Å². The van der Waals surface area contributed by atoms with Crippen LogP contribution in [0.3, 0.4) is 0 Å². The molecule has 0 spiro atoms. The fourth-order valence-corrected chi connectivity index (χ4v) is 13.3. The maximum Gasteiger partial charge on any atom is -0.00592 e. The number of benzene rings is 1. The molecule has 134 valence electrons. The first kappa shape index (κ1) is 18.9. The lowest BCUT2D eigenvalue weighted by atomic mass is 9.97. The molecule has 2 unspecified atom stereocenters. The largest absolute Gasteiger partial charge is 0.0683 e. The Morgan fingerprint density at radius 3 is 1.42 bits per heavy atom. The van der Waals surface area contributed by atoms with E-state index in [1.54, 1.807) is 0 Å². The van der Waals surface area contributed by atoms with Crippen molar-refractivity contribution in [2.45, 2.75) is 89.4 Å². The Balaban J connectivity index is 2.03. The smallest absolute Gasteiger partial charge is 0.00592 e. The summed E-state index contributed by atoms with van der Waals surface area (Å²) in [6, 6.07) is 9.76. The Bertz CT molecular complexity index is 494. The van der Waals surface area contributed by atoms with Gasteiger partial charge in [-0.3, -0.25) is 0 Å². The van der Waals surface area contributed by atoms with E-state index in [0.717, 1.165) is 0 Å². The van der Waals surface area contributed by atoms with Crippen LogP contribution in [-0.2, 0) is 0 Å². The summed E-state index contributed by atoms with van der Waals surface area (Å²) in [4.78, 5) is 0. The van der Waals surface area contributed by atoms with Crippen LogP contribution in [0.4, 0.5) is 0 Å². The van der Waals surface area contributed by atoms with Gasteiger partial charge in [-0.25, -0.2) is 0 Å². The molecular formula is C22H36P2. The van der Waals surface area contributed by atoms with E-state index >= 15 is 0 Å². The Morgan fingerprint density at radius 2 is 1.08 bits per heavy atom. The van der Waals surface area contributed by atoms with E-state index in [2.05, 4.69) is 52.0 Å². The zero-order chi connectivity index (χ0) is 17.2. The van der Waals surface area contributed by atoms with Crippen LogP contribution in [0.1, 0.15) is 79.1 Å². The molecular weight excluding hydrogens is 326 g/mol. The van der Waals surface area contributed by atoms with E-state index in [1.165, 1.54) is 63.7 Å². The first-order chi connectivity index (χ1) is 11.7. The molecule has 1 aromatic rings. The van der Waals surface area contributed by atoms with E-state index in [9.17, 15) is 0 Å². The second-order valence-corrected chi connectivity index (χ2v) is 13.3. The molecule has 3 rings (SSSR count). The molecule has 2 aliphatic rings. The molecule has 0 saturated carbocycles. The molecule has 2 aliphatic heterocycles. The first-order valence-corrected chi connectivity index (χ1v) is 13.4. The summed E-state index contributed by atoms with van der Waals surface area (Å²) >= 11 is 0. The van der Waals surface area contributed by atoms with Gasteiger partial charge in [0.1, 0.15) is 0 Å². The highest BCUT2D eigenvalue weighted by Gasteiger charge is 2.45. The second kappa shape index (κ2) is 7.76. The lowest BCUT2D eigenvalue weighted by Crippen LogP contribution is -2.35. The molecule has 1 aromatic carbocycles. The molecule has 24 heavy (non-hydrogen) atoms. The van der Waals surface area contributed by atoms with Gasteiger partial charge in [0, 0.05) is 0 Å². The Kier molecular flexibility index (Phi) is 6.10. The molecule has 2 heteroatoms. The Morgan fingerprint density at radius 1 is 0.708 bits per heavy atom. The van der Waals surface area contributed by atoms with Crippen LogP contribution >= 0.6 is 15.8 Å². The van der Waals surface area contributed by atoms with Crippen molar-refractivity contribution < 1.29 is 0 Å². The standard InChI is InChI=1S/C22H36P2/c1-5-21(6-2)15-11-17-23(21)19-13-9-10-14-20(19)24-18-12-16-22(24,7-3)8-4/h9-10,13-14H,5-8,11-12,15-18H2,1-4H3. The molecule has 2 atom stereocenters. The van der Waals surface area contributed by atoms with Gasteiger partial charge in [0.2, 0.25) is 0 Å². The molecule has 0 N–H and O–H groups in total. The molecule has 2 saturated heterocycles. The lowest BCUT2D eigenvalue weighted by Gasteiger charge is -2.40. The minimum atomic E-state index is 0.0397. The van der Waals surface area contributed by atoms with Gasteiger partial charge < -0.3 is 0 Å². The molecule has 0 nitrogen and oxygen atoms in total. The molecule has 0 bridgehead atoms. The van der Waals surface area contributed by atoms with Gasteiger partial charge in [-0.2, -0.15) is 0 Å². The highest BCUT2D eigenvalue weighted by atomic mass is 31.1. The zero-order valence-corrected chi connectivity index (χ0v) is 18.1. The van der Waals surface area contributed by atoms with Gasteiger partial charge in [0.05, 0.1) is 0 Å². The van der Waals surface area contributed by atoms with Gasteiger partial charge in [0.15, 0.2) is 0 Å². The van der Waals surface area contributed by atoms with E-state index in [0.29, 0.717) is 10.3 Å². The predicted octanol–water partition coefficient (Wildman–Crippen LogP) is 6.61. The number of hydrogen-bond donors (Lipinski definition) is 0. The maximum atomic E-state index is 2.54. The van der Waals surface area contributed by atoms with Crippen molar-refractivity contribution >= 4 is 26.5 Å². The van der Waals surface area contributed by atoms with E-state index in [1.807, 2.05) is 10.6 Å². The Labute approximate surface area is 152 Å². The van der Waals surface area contributed by atoms with Crippen LogP contribution in [-0.4, -0.2) is 22.6 Å². The van der Waals surface area contributed by atoms with Crippen molar-refractivity contribution in [3.8, 4) is 0 Å². The zero-order valence-electron chi connectivity index (χ0n) is 16.3. The van der Waals surface area contributed by atoms with E-state index in [4.69, 9.17) is 0 Å². The van der Waals surface area contributed by atoms with Gasteiger partial charge in [-0.1, -0.05) is 67.8 Å². The summed E-state index contributed by atoms with van der Waals surface area (Å²) in [6.45, 7) is 9.82. The van der Waals surface area contributed by atoms with Crippen LogP contribution in [0.5, 0.6) is 0 Å². The van der Waals surface area contributed by atoms with Gasteiger partial charge in [0.25, 0.3) is 0 Å². The molecule has 0 radical (unpaired) electrons. The quantitative estimate of drug-likeness (QED) is 0.500. The van der Waals surface area contributed by atoms with Gasteiger partial charge in [-0.15, -0.1) is 0 Å². The van der Waals surface area contributed by atoms with Crippen LogP contribution in [0.2, 0.25) is 0 Å². The fourth-order valence-electron chi connectivity index (χ4n) is 5.52. The molecule has 0 aromatic heterocycles. The lowest BCUT2D eigenvalue weighted by molar-refractivity contribution is 0.519. The van der Waals surface area contributed by atoms with E-state index in [-0.39, 0.29) is 15.8 Å². The van der Waals surface area contributed by atoms with Crippen molar-refractivity contribution in [2.75, 3.05) is 12.3 Å². The molecule has 0 aliphatic carbocycles. The van der Waals surface area contributed by atoms with Gasteiger partial charge >= 0.3 is 0 Å². The molecule has 0 amide bonds. The average molecular weight is 362 g/mol. The summed E-state index contributed by atoms with van der Waals surface area (Å²) < 4.78 is 0. The normalized spacial score (nSPS) is 28.3. The van der Waals surface area contributed by atoms with Crippen molar-refractivity contribution in [1.29, 1.82) is 0 Å². The third-order valence-corrected chi connectivity index (χ3v) is 14.9. The third kappa shape index (κ3) is 3.01. The number of hydrogen-bond acceptors (Lipinski definition) is 0. The second-order valence-electron chi connectivity index (χ2n) is 7.86. The minimum Gasteiger partial charge on any atom is -0.0683 e. The van der Waals surface area contributed by atoms with Crippen molar-refractivity contribution in [3.63, 3.8) is 0 Å². The van der Waals surface area contributed by atoms with Crippen LogP contribution in [0, 0.1) is 0 Å². The van der Waals surface area contributed by atoms with Crippen LogP contribution < -0.4 is 10.6 Å².